The van der Waals surface area contributed by atoms with Crippen LogP contribution in [0.4, 0.5) is 26.7 Å². The molecule has 3 aromatic rings. The fourth-order valence-electron chi connectivity index (χ4n) is 13.5. The standard InChI is InChI=1S/C57H78F5N2O7PS/c1-55-32-28-49-48-25-24-44(51-23-14-15-33-64(51)47-29-34-63(35-30-47)54(65)66)38-46(48)39-45(22-13-5-3-2-4-6-16-36-73(68)37-17-31-56(58,59)57(60,61)62)53(49)50(55)26-27-52(55)71-72(67,69-40-42-18-9-7-10-19-42)70-41-43-20-11-8-12-21-43/h7-12,18-21,24-25,38,45,47,49-53H,2-6,13-17,22-23,26-37,39-41H2,1H3,(H,65,66)/t45-,49-,50+,51?,52+,53-,55+,73?/m1/s1. The summed E-state index contributed by atoms with van der Waals surface area (Å²) >= 11 is 0. The van der Waals surface area contributed by atoms with Crippen molar-refractivity contribution in [3.63, 3.8) is 0 Å². The molecule has 1 N–H and O–H groups in total. The number of rotatable bonds is 24. The minimum Gasteiger partial charge on any atom is -0.465 e. The second-order valence-corrected chi connectivity index (χ2v) is 25.4. The van der Waals surface area contributed by atoms with Crippen molar-refractivity contribution in [1.29, 1.82) is 0 Å². The minimum atomic E-state index is -5.58. The van der Waals surface area contributed by atoms with Crippen molar-refractivity contribution < 1.29 is 54.2 Å². The monoisotopic (exact) mass is 1060 g/mol. The molecule has 73 heavy (non-hydrogen) atoms. The first-order valence-corrected chi connectivity index (χ1v) is 30.3. The SMILES string of the molecule is C[C@]12CC[C@@H]3c4ccc(C5CCCCN5C5CCN(C(=O)O)CC5)cc4C[C@@H](CCCCCCCCCS(=O)CCCC(F)(F)C(F)(F)F)[C@H]3[C@@H]1CC[C@@H]2OP(=O)(OCc1ccccc1)OCc1ccccc1. The van der Waals surface area contributed by atoms with E-state index in [0.29, 0.717) is 61.0 Å². The third kappa shape index (κ3) is 14.2. The van der Waals surface area contributed by atoms with E-state index in [1.807, 2.05) is 60.7 Å². The van der Waals surface area contributed by atoms with Gasteiger partial charge in [-0.2, -0.15) is 22.0 Å². The van der Waals surface area contributed by atoms with E-state index in [1.165, 1.54) is 23.1 Å². The number of carbonyl (C=O) groups is 1. The Hall–Kier alpha value is -3.20. The summed E-state index contributed by atoms with van der Waals surface area (Å²) in [6, 6.07) is 27.5. The van der Waals surface area contributed by atoms with Gasteiger partial charge in [-0.05, 0) is 140 Å². The van der Waals surface area contributed by atoms with Crippen LogP contribution in [0.5, 0.6) is 0 Å². The van der Waals surface area contributed by atoms with Crippen LogP contribution < -0.4 is 0 Å². The number of alkyl halides is 5. The Morgan fingerprint density at radius 2 is 1.40 bits per heavy atom. The van der Waals surface area contributed by atoms with Gasteiger partial charge in [0.15, 0.2) is 0 Å². The second kappa shape index (κ2) is 25.3. The normalized spacial score (nSPS) is 26.5. The molecule has 1 amide bonds. The maximum absolute atomic E-state index is 14.8. The smallest absolute Gasteiger partial charge is 0.465 e. The molecular formula is C57H78F5N2O7PS. The van der Waals surface area contributed by atoms with Crippen LogP contribution in [0.1, 0.15) is 169 Å². The Balaban J connectivity index is 0.934. The van der Waals surface area contributed by atoms with Crippen LogP contribution in [0.15, 0.2) is 78.9 Å². The molecule has 2 heterocycles. The van der Waals surface area contributed by atoms with Gasteiger partial charge in [0.05, 0.1) is 19.3 Å². The molecule has 2 saturated carbocycles. The second-order valence-electron chi connectivity index (χ2n) is 22.1. The third-order valence-electron chi connectivity index (χ3n) is 17.4. The lowest BCUT2D eigenvalue weighted by Gasteiger charge is -2.54. The number of hydrogen-bond donors (Lipinski definition) is 1. The number of halogens is 5. The number of nitrogens with zero attached hydrogens (tertiary/aromatic N) is 2. The zero-order valence-corrected chi connectivity index (χ0v) is 44.4. The maximum atomic E-state index is 14.8. The van der Waals surface area contributed by atoms with Crippen molar-refractivity contribution in [2.75, 3.05) is 31.1 Å². The zero-order chi connectivity index (χ0) is 51.6. The summed E-state index contributed by atoms with van der Waals surface area (Å²) < 4.78 is 110. The van der Waals surface area contributed by atoms with Gasteiger partial charge < -0.3 is 10.0 Å². The van der Waals surface area contributed by atoms with Crippen molar-refractivity contribution in [3.8, 4) is 0 Å². The van der Waals surface area contributed by atoms with Crippen LogP contribution in [-0.4, -0.2) is 80.6 Å². The van der Waals surface area contributed by atoms with Crippen LogP contribution >= 0.6 is 7.82 Å². The highest BCUT2D eigenvalue weighted by molar-refractivity contribution is 7.84. The van der Waals surface area contributed by atoms with Gasteiger partial charge in [0.2, 0.25) is 0 Å². The molecule has 3 aromatic carbocycles. The van der Waals surface area contributed by atoms with Crippen LogP contribution in [0, 0.1) is 23.2 Å². The van der Waals surface area contributed by atoms with Crippen molar-refractivity contribution in [3.05, 3.63) is 107 Å². The summed E-state index contributed by atoms with van der Waals surface area (Å²) in [5.41, 5.74) is 5.90. The quantitative estimate of drug-likeness (QED) is 0.0537. The third-order valence-corrected chi connectivity index (χ3v) is 20.3. The molecule has 2 saturated heterocycles. The Morgan fingerprint density at radius 1 is 0.767 bits per heavy atom. The highest BCUT2D eigenvalue weighted by Gasteiger charge is 2.59. The van der Waals surface area contributed by atoms with E-state index in [9.17, 15) is 40.6 Å². The molecule has 2 unspecified atom stereocenters. The molecule has 9 nitrogen and oxygen atoms in total. The molecular weight excluding hydrogens is 983 g/mol. The lowest BCUT2D eigenvalue weighted by atomic mass is 9.52. The first-order valence-electron chi connectivity index (χ1n) is 27.3. The molecule has 8 rings (SSSR count). The van der Waals surface area contributed by atoms with E-state index < -0.39 is 49.7 Å². The van der Waals surface area contributed by atoms with Gasteiger partial charge in [0.25, 0.3) is 0 Å². The van der Waals surface area contributed by atoms with E-state index in [4.69, 9.17) is 13.6 Å². The van der Waals surface area contributed by atoms with Crippen molar-refractivity contribution in [2.24, 2.45) is 23.2 Å². The van der Waals surface area contributed by atoms with Gasteiger partial charge in [0.1, 0.15) is 0 Å². The average molecular weight is 1060 g/mol. The molecule has 5 aliphatic rings. The Kier molecular flexibility index (Phi) is 19.4. The van der Waals surface area contributed by atoms with E-state index in [0.717, 1.165) is 120 Å². The summed E-state index contributed by atoms with van der Waals surface area (Å²) in [6.45, 7) is 4.78. The first kappa shape index (κ1) is 56.0. The summed E-state index contributed by atoms with van der Waals surface area (Å²) in [6.07, 6.45) is 9.31. The number of piperidine rings is 2. The predicted molar refractivity (Wildman–Crippen MR) is 276 cm³/mol. The number of phosphoric ester groups is 1. The fourth-order valence-corrected chi connectivity index (χ4v) is 16.2. The summed E-state index contributed by atoms with van der Waals surface area (Å²) in [4.78, 5) is 16.0. The van der Waals surface area contributed by atoms with Gasteiger partial charge in [0, 0.05) is 53.9 Å². The Morgan fingerprint density at radius 3 is 2.04 bits per heavy atom. The van der Waals surface area contributed by atoms with Crippen molar-refractivity contribution >= 4 is 24.7 Å². The number of benzene rings is 3. The van der Waals surface area contributed by atoms with Crippen LogP contribution in [0.2, 0.25) is 0 Å². The molecule has 16 heteroatoms. The molecule has 404 valence electrons. The Labute approximate surface area is 432 Å². The van der Waals surface area contributed by atoms with E-state index in [2.05, 4.69) is 30.0 Å². The highest BCUT2D eigenvalue weighted by atomic mass is 32.2. The predicted octanol–water partition coefficient (Wildman–Crippen LogP) is 15.2. The van der Waals surface area contributed by atoms with E-state index >= 15 is 0 Å². The van der Waals surface area contributed by atoms with E-state index in [1.54, 1.807) is 4.90 Å². The molecule has 0 aromatic heterocycles. The number of phosphoric acid groups is 1. The summed E-state index contributed by atoms with van der Waals surface area (Å²) in [5, 5.41) is 9.64. The number of carboxylic acid groups (broad SMARTS) is 1. The molecule has 8 atom stereocenters. The summed E-state index contributed by atoms with van der Waals surface area (Å²) in [5.74, 6) is -2.90. The van der Waals surface area contributed by atoms with E-state index in [-0.39, 0.29) is 30.5 Å². The highest BCUT2D eigenvalue weighted by Crippen LogP contribution is 2.66. The molecule has 2 aliphatic heterocycles. The lowest BCUT2D eigenvalue weighted by Crippen LogP contribution is -2.49. The topological polar surface area (TPSA) is 106 Å². The molecule has 0 radical (unpaired) electrons. The van der Waals surface area contributed by atoms with Crippen LogP contribution in [0.25, 0.3) is 0 Å². The minimum absolute atomic E-state index is 0.109. The molecule has 3 aliphatic carbocycles. The van der Waals surface area contributed by atoms with Gasteiger partial charge in [-0.1, -0.05) is 131 Å². The first-order chi connectivity index (χ1) is 35.0. The van der Waals surface area contributed by atoms with Crippen molar-refractivity contribution in [2.45, 2.75) is 185 Å². The average Bonchev–Trinajstić information content (AvgIpc) is 3.71. The Bertz CT molecular complexity index is 2260. The maximum Gasteiger partial charge on any atom is 0.475 e. The molecule has 0 bridgehead atoms. The number of likely N-dealkylation sites (tertiary alicyclic amines) is 2. The van der Waals surface area contributed by atoms with Crippen LogP contribution in [-0.2, 0) is 48.6 Å². The molecule has 0 spiro atoms. The number of amides is 1. The van der Waals surface area contributed by atoms with Crippen LogP contribution in [0.3, 0.4) is 0 Å². The van der Waals surface area contributed by atoms with Gasteiger partial charge in [-0.25, -0.2) is 9.36 Å². The number of hydrogen-bond acceptors (Lipinski definition) is 7. The number of unbranched alkanes of at least 4 members (excludes halogenated alkanes) is 6. The largest absolute Gasteiger partial charge is 0.475 e. The van der Waals surface area contributed by atoms with Gasteiger partial charge >= 0.3 is 26.0 Å². The van der Waals surface area contributed by atoms with Crippen molar-refractivity contribution in [1.82, 2.24) is 9.80 Å². The van der Waals surface area contributed by atoms with Gasteiger partial charge in [-0.3, -0.25) is 22.7 Å². The van der Waals surface area contributed by atoms with Gasteiger partial charge in [-0.15, -0.1) is 0 Å². The lowest BCUT2D eigenvalue weighted by molar-refractivity contribution is -0.284. The zero-order valence-electron chi connectivity index (χ0n) is 42.7. The number of fused-ring (bicyclic) bond motifs is 5. The summed E-state index contributed by atoms with van der Waals surface area (Å²) in [7, 11) is -5.43. The molecule has 4 fully saturated rings. The fraction of sp³-hybridized carbons (Fsp3) is 0.667.